The molecule has 11 nitrogen and oxygen atoms in total. The van der Waals surface area contributed by atoms with Gasteiger partial charge in [0.2, 0.25) is 0 Å². The van der Waals surface area contributed by atoms with Crippen LogP contribution in [0.3, 0.4) is 0 Å². The molecule has 1 saturated heterocycles. The number of hydrogen-bond acceptors (Lipinski definition) is 11. The lowest BCUT2D eigenvalue weighted by molar-refractivity contribution is -0.182. The second kappa shape index (κ2) is 24.0. The Balaban J connectivity index is 0.857. The van der Waals surface area contributed by atoms with Crippen molar-refractivity contribution in [3.63, 3.8) is 0 Å². The van der Waals surface area contributed by atoms with Crippen LogP contribution in [0.2, 0.25) is 5.04 Å². The molecule has 1 unspecified atom stereocenters. The van der Waals surface area contributed by atoms with Crippen LogP contribution < -0.4 is 25.3 Å². The summed E-state index contributed by atoms with van der Waals surface area (Å²) in [5.74, 6) is -0.688. The number of nitrogens with one attached hydrogen (secondary N) is 2. The van der Waals surface area contributed by atoms with E-state index in [1.54, 1.807) is 23.3 Å². The normalized spacial score (nSPS) is 21.0. The molecule has 10 rings (SSSR count). The first-order valence-corrected chi connectivity index (χ1v) is 34.3. The molecule has 1 aliphatic heterocycles. The van der Waals surface area contributed by atoms with Crippen LogP contribution in [0.1, 0.15) is 103 Å². The van der Waals surface area contributed by atoms with E-state index in [0.717, 1.165) is 72.2 Å². The highest BCUT2D eigenvalue weighted by Crippen LogP contribution is 2.79. The van der Waals surface area contributed by atoms with Gasteiger partial charge in [-0.2, -0.15) is 13.2 Å². The summed E-state index contributed by atoms with van der Waals surface area (Å²) in [5.41, 5.74) is -0.511. The second-order valence-corrected chi connectivity index (χ2v) is 34.0. The van der Waals surface area contributed by atoms with E-state index >= 15 is 0 Å². The van der Waals surface area contributed by atoms with Crippen LogP contribution in [-0.2, 0) is 24.3 Å². The van der Waals surface area contributed by atoms with Crippen molar-refractivity contribution in [1.82, 2.24) is 14.5 Å². The van der Waals surface area contributed by atoms with Crippen molar-refractivity contribution in [2.45, 2.75) is 124 Å². The Labute approximate surface area is 484 Å². The van der Waals surface area contributed by atoms with E-state index in [2.05, 4.69) is 85.8 Å². The zero-order valence-corrected chi connectivity index (χ0v) is 51.4. The number of amides is 1. The van der Waals surface area contributed by atoms with E-state index in [1.807, 2.05) is 78.5 Å². The molecule has 0 radical (unpaired) electrons. The summed E-state index contributed by atoms with van der Waals surface area (Å²) in [7, 11) is -11.9. The van der Waals surface area contributed by atoms with Crippen molar-refractivity contribution in [2.24, 2.45) is 16.2 Å². The van der Waals surface area contributed by atoms with Gasteiger partial charge < -0.3 is 19.5 Å². The van der Waals surface area contributed by atoms with E-state index in [4.69, 9.17) is 4.43 Å². The average Bonchev–Trinajstić information content (AvgIpc) is 3.28. The van der Waals surface area contributed by atoms with Crippen molar-refractivity contribution in [3.05, 3.63) is 150 Å². The van der Waals surface area contributed by atoms with E-state index < -0.39 is 61.1 Å². The molecular weight excluding hydrogens is 1100 g/mol. The molecule has 2 N–H and O–H groups in total. The van der Waals surface area contributed by atoms with Crippen LogP contribution in [0.25, 0.3) is 0 Å². The molecule has 3 saturated carbocycles. The Hall–Kier alpha value is -4.95. The molecule has 0 aromatic heterocycles. The molecule has 5 aromatic carbocycles. The van der Waals surface area contributed by atoms with Gasteiger partial charge in [-0.25, -0.2) is 21.6 Å². The molecule has 436 valence electrons. The molecular formula is C63H80F3N5O6S3Si. The van der Waals surface area contributed by atoms with Crippen LogP contribution in [0.4, 0.5) is 24.5 Å². The smallest absolute Gasteiger partial charge is 0.406 e. The first-order valence-electron chi connectivity index (χ1n) is 28.5. The minimum atomic E-state index is -6.12. The molecule has 2 bridgehead atoms. The average molecular weight is 1180 g/mol. The lowest BCUT2D eigenvalue weighted by atomic mass is 9.31. The van der Waals surface area contributed by atoms with E-state index in [-0.39, 0.29) is 10.6 Å². The number of halogens is 3. The summed E-state index contributed by atoms with van der Waals surface area (Å²) in [6, 6.07) is 38.5. The molecule has 4 fully saturated rings. The maximum Gasteiger partial charge on any atom is 0.501 e. The van der Waals surface area contributed by atoms with Crippen LogP contribution in [-0.4, -0.2) is 118 Å². The number of benzene rings is 5. The van der Waals surface area contributed by atoms with Gasteiger partial charge in [0.15, 0.2) is 0 Å². The van der Waals surface area contributed by atoms with Gasteiger partial charge in [-0.15, -0.1) is 11.8 Å². The van der Waals surface area contributed by atoms with Crippen molar-refractivity contribution in [1.29, 1.82) is 0 Å². The highest BCUT2D eigenvalue weighted by molar-refractivity contribution is 7.99. The summed E-state index contributed by atoms with van der Waals surface area (Å²) in [6.45, 7) is 19.5. The number of thioether (sulfide) groups is 1. The molecule has 18 heteroatoms. The van der Waals surface area contributed by atoms with Crippen molar-refractivity contribution >= 4 is 67.6 Å². The maximum atomic E-state index is 14.5. The minimum Gasteiger partial charge on any atom is -0.406 e. The monoisotopic (exact) mass is 1180 g/mol. The zero-order valence-electron chi connectivity index (χ0n) is 47.9. The second-order valence-electron chi connectivity index (χ2n) is 25.0. The van der Waals surface area contributed by atoms with E-state index in [0.29, 0.717) is 54.2 Å². The zero-order chi connectivity index (χ0) is 58.1. The van der Waals surface area contributed by atoms with Gasteiger partial charge in [-0.1, -0.05) is 138 Å². The quantitative estimate of drug-likeness (QED) is 0.0369. The van der Waals surface area contributed by atoms with Gasteiger partial charge in [0.05, 0.1) is 10.6 Å². The predicted octanol–water partition coefficient (Wildman–Crippen LogP) is 11.8. The number of rotatable bonds is 23. The molecule has 1 heterocycles. The van der Waals surface area contributed by atoms with Crippen molar-refractivity contribution in [2.75, 3.05) is 75.4 Å². The fourth-order valence-electron chi connectivity index (χ4n) is 13.1. The van der Waals surface area contributed by atoms with Crippen LogP contribution >= 0.6 is 11.8 Å². The Kier molecular flexibility index (Phi) is 17.9. The number of piperazine rings is 1. The van der Waals surface area contributed by atoms with Gasteiger partial charge in [0.25, 0.3) is 34.1 Å². The molecule has 4 aliphatic carbocycles. The minimum absolute atomic E-state index is 0.0128. The first-order chi connectivity index (χ1) is 38.3. The number of sulfone groups is 1. The lowest BCUT2D eigenvalue weighted by Crippen LogP contribution is -2.67. The summed E-state index contributed by atoms with van der Waals surface area (Å²) in [4.78, 5) is 19.3. The summed E-state index contributed by atoms with van der Waals surface area (Å²) >= 11 is 1.45. The van der Waals surface area contributed by atoms with Gasteiger partial charge in [-0.05, 0) is 145 Å². The number of nitrogens with zero attached hydrogens (tertiary/aromatic N) is 3. The van der Waals surface area contributed by atoms with Crippen molar-refractivity contribution < 1.29 is 39.2 Å². The van der Waals surface area contributed by atoms with Crippen LogP contribution in [0, 0.1) is 16.2 Å². The third-order valence-electron chi connectivity index (χ3n) is 17.7. The highest BCUT2D eigenvalue weighted by Gasteiger charge is 2.68. The van der Waals surface area contributed by atoms with Crippen molar-refractivity contribution in [3.8, 4) is 0 Å². The number of anilines is 2. The summed E-state index contributed by atoms with van der Waals surface area (Å²) in [5, 5.41) is 5.13. The largest absolute Gasteiger partial charge is 0.501 e. The van der Waals surface area contributed by atoms with Gasteiger partial charge in [0.1, 0.15) is 4.90 Å². The Morgan fingerprint density at radius 1 is 0.802 bits per heavy atom. The molecule has 1 amide bonds. The van der Waals surface area contributed by atoms with Crippen LogP contribution in [0.5, 0.6) is 0 Å². The lowest BCUT2D eigenvalue weighted by Gasteiger charge is -2.73. The first kappa shape index (κ1) is 60.6. The Bertz CT molecular complexity index is 3200. The molecule has 0 spiro atoms. The summed E-state index contributed by atoms with van der Waals surface area (Å²) < 4.78 is 107. The number of alkyl halides is 3. The fraction of sp³-hybridized carbons (Fsp3) is 0.476. The topological polar surface area (TPSA) is 128 Å². The molecule has 5 aliphatic rings. The summed E-state index contributed by atoms with van der Waals surface area (Å²) in [6.07, 6.45) is 9.30. The van der Waals surface area contributed by atoms with Gasteiger partial charge >= 0.3 is 5.51 Å². The van der Waals surface area contributed by atoms with Gasteiger partial charge in [0, 0.05) is 73.8 Å². The number of hydrogen-bond donors (Lipinski definition) is 2. The number of allylic oxidation sites excluding steroid dienone is 1. The van der Waals surface area contributed by atoms with Gasteiger partial charge in [-0.3, -0.25) is 9.69 Å². The van der Waals surface area contributed by atoms with E-state index in [1.165, 1.54) is 62.4 Å². The molecule has 5 aromatic rings. The molecule has 81 heavy (non-hydrogen) atoms. The standard InChI is InChI=1S/C63H80F3N5O6S3Si/c1-8-61-44-62(45-61,46-61)55-41-60(5,6)32-30-48(55)42-70-34-36-71(37-35-70)50-26-24-47(25-27-50)58(72)68-80(75,76)52-28-29-56(57(40-52)79(73,74)63(64,65)66)67-49(43-78-51-18-12-9-13-19-51)31-33-69(7)38-39-77-81(59(2,3)4,53-20-14-10-15-21-53)54-22-16-11-17-23-54/h9-29,40,49,67H,8,30-39,41-46H2,1-7H3,(H,68,72). The third-order valence-corrected chi connectivity index (χ3v) is 26.8. The predicted molar refractivity (Wildman–Crippen MR) is 323 cm³/mol. The van der Waals surface area contributed by atoms with Crippen LogP contribution in [0.15, 0.2) is 159 Å². The molecule has 1 atom stereocenters. The highest BCUT2D eigenvalue weighted by atomic mass is 32.2. The Morgan fingerprint density at radius 2 is 1.40 bits per heavy atom. The SMILES string of the molecule is CCC12CC(C3=C(CN4CCN(c5ccc(C(=O)NS(=O)(=O)c6ccc(NC(CCN(C)CCO[Si](c7ccccc7)(c7ccccc7)C(C)(C)C)CSc7ccccc7)c(S(=O)(=O)C(F)(F)F)c6)cc5)CC4)CCC(C)(C)C3)(C1)C2. The maximum absolute atomic E-state index is 14.5. The Morgan fingerprint density at radius 3 is 1.96 bits per heavy atom. The fourth-order valence-corrected chi connectivity index (χ4v) is 20.7. The number of carbonyl (C=O) groups excluding carboxylic acids is 1. The number of sulfonamides is 1. The number of likely N-dealkylation sites (N-methyl/N-ethyl adjacent to an activating group) is 1. The van der Waals surface area contributed by atoms with E-state index in [9.17, 15) is 34.8 Å². The number of carbonyl (C=O) groups is 1. The third kappa shape index (κ3) is 13.2.